The van der Waals surface area contributed by atoms with E-state index >= 15 is 0 Å². The van der Waals surface area contributed by atoms with Crippen LogP contribution >= 0.6 is 0 Å². The van der Waals surface area contributed by atoms with Gasteiger partial charge in [-0.25, -0.2) is 0 Å². The van der Waals surface area contributed by atoms with E-state index in [0.29, 0.717) is 24.5 Å². The third-order valence-corrected chi connectivity index (χ3v) is 5.83. The van der Waals surface area contributed by atoms with E-state index in [4.69, 9.17) is 0 Å². The van der Waals surface area contributed by atoms with Crippen LogP contribution in [0.3, 0.4) is 0 Å². The Bertz CT molecular complexity index is 764. The minimum Gasteiger partial charge on any atom is -0.382 e. The van der Waals surface area contributed by atoms with Crippen molar-refractivity contribution < 1.29 is 4.79 Å². The number of carbonyl (C=O) groups excluding carboxylic acids is 1. The van der Waals surface area contributed by atoms with E-state index in [1.807, 2.05) is 18.3 Å². The molecule has 2 aliphatic rings. The standard InChI is InChI=1S/C21H28N4O/c1-16-5-4-12-25(16)21(26)15-24-13-9-17(10-14-24)23-20-8-11-22-19-7-3-2-6-18(19)20/h2-3,6-8,11,16-17H,4-5,9-10,12-15H2,1H3,(H,22,23)/t16-/m1/s1. The van der Waals surface area contributed by atoms with Gasteiger partial charge in [0, 0.05) is 49.0 Å². The van der Waals surface area contributed by atoms with Crippen molar-refractivity contribution in [2.75, 3.05) is 31.5 Å². The third-order valence-electron chi connectivity index (χ3n) is 5.83. The van der Waals surface area contributed by atoms with Crippen LogP contribution in [0.4, 0.5) is 5.69 Å². The molecule has 2 aromatic rings. The van der Waals surface area contributed by atoms with Gasteiger partial charge in [0.25, 0.3) is 0 Å². The Hall–Kier alpha value is -2.14. The second kappa shape index (κ2) is 7.62. The average molecular weight is 352 g/mol. The van der Waals surface area contributed by atoms with Crippen molar-refractivity contribution in [3.8, 4) is 0 Å². The van der Waals surface area contributed by atoms with Gasteiger partial charge < -0.3 is 10.2 Å². The fraction of sp³-hybridized carbons (Fsp3) is 0.524. The summed E-state index contributed by atoms with van der Waals surface area (Å²) in [5.41, 5.74) is 2.19. The predicted molar refractivity (Wildman–Crippen MR) is 105 cm³/mol. The SMILES string of the molecule is C[C@@H]1CCCN1C(=O)CN1CCC(Nc2ccnc3ccccc23)CC1. The van der Waals surface area contributed by atoms with E-state index in [1.165, 1.54) is 5.39 Å². The number of likely N-dealkylation sites (tertiary alicyclic amines) is 2. The highest BCUT2D eigenvalue weighted by Crippen LogP contribution is 2.24. The van der Waals surface area contributed by atoms with Gasteiger partial charge in [-0.1, -0.05) is 18.2 Å². The number of amides is 1. The van der Waals surface area contributed by atoms with Gasteiger partial charge in [0.05, 0.1) is 12.1 Å². The maximum Gasteiger partial charge on any atom is 0.236 e. The summed E-state index contributed by atoms with van der Waals surface area (Å²) in [6, 6.07) is 11.2. The number of fused-ring (bicyclic) bond motifs is 1. The van der Waals surface area contributed by atoms with E-state index in [9.17, 15) is 4.79 Å². The number of carbonyl (C=O) groups is 1. The number of hydrogen-bond acceptors (Lipinski definition) is 4. The van der Waals surface area contributed by atoms with E-state index in [0.717, 1.165) is 56.5 Å². The summed E-state index contributed by atoms with van der Waals surface area (Å²) in [5.74, 6) is 0.307. The van der Waals surface area contributed by atoms with Gasteiger partial charge in [0.15, 0.2) is 0 Å². The Kier molecular flexibility index (Phi) is 5.07. The number of pyridine rings is 1. The highest BCUT2D eigenvalue weighted by atomic mass is 16.2. The molecule has 2 aliphatic heterocycles. The molecule has 1 atom stereocenters. The predicted octanol–water partition coefficient (Wildman–Crippen LogP) is 3.12. The van der Waals surface area contributed by atoms with Crippen LogP contribution in [0.1, 0.15) is 32.6 Å². The zero-order valence-electron chi connectivity index (χ0n) is 15.5. The Morgan fingerprint density at radius 1 is 1.15 bits per heavy atom. The van der Waals surface area contributed by atoms with Crippen molar-refractivity contribution >= 4 is 22.5 Å². The van der Waals surface area contributed by atoms with Gasteiger partial charge in [-0.2, -0.15) is 0 Å². The Balaban J connectivity index is 1.31. The molecule has 3 heterocycles. The highest BCUT2D eigenvalue weighted by Gasteiger charge is 2.28. The number of nitrogens with one attached hydrogen (secondary N) is 1. The zero-order valence-corrected chi connectivity index (χ0v) is 15.5. The van der Waals surface area contributed by atoms with Crippen LogP contribution in [0.25, 0.3) is 10.9 Å². The first-order valence-corrected chi connectivity index (χ1v) is 9.83. The topological polar surface area (TPSA) is 48.5 Å². The lowest BCUT2D eigenvalue weighted by Gasteiger charge is -2.34. The fourth-order valence-electron chi connectivity index (χ4n) is 4.26. The molecule has 0 aliphatic carbocycles. The van der Waals surface area contributed by atoms with Gasteiger partial charge >= 0.3 is 0 Å². The van der Waals surface area contributed by atoms with E-state index < -0.39 is 0 Å². The first kappa shape index (κ1) is 17.3. The van der Waals surface area contributed by atoms with Crippen molar-refractivity contribution in [1.82, 2.24) is 14.8 Å². The number of anilines is 1. The molecule has 5 heteroatoms. The number of nitrogens with zero attached hydrogens (tertiary/aromatic N) is 3. The molecule has 1 aromatic carbocycles. The quantitative estimate of drug-likeness (QED) is 0.918. The van der Waals surface area contributed by atoms with Crippen molar-refractivity contribution in [3.05, 3.63) is 36.5 Å². The molecular weight excluding hydrogens is 324 g/mol. The molecule has 0 spiro atoms. The lowest BCUT2D eigenvalue weighted by molar-refractivity contribution is -0.133. The molecular formula is C21H28N4O. The van der Waals surface area contributed by atoms with Crippen LogP contribution in [-0.2, 0) is 4.79 Å². The molecule has 1 aromatic heterocycles. The van der Waals surface area contributed by atoms with Gasteiger partial charge in [-0.15, -0.1) is 0 Å². The molecule has 2 saturated heterocycles. The second-order valence-electron chi connectivity index (χ2n) is 7.65. The van der Waals surface area contributed by atoms with Crippen LogP contribution in [0.2, 0.25) is 0 Å². The fourth-order valence-corrected chi connectivity index (χ4v) is 4.26. The lowest BCUT2D eigenvalue weighted by Crippen LogP contribution is -2.46. The van der Waals surface area contributed by atoms with Crippen LogP contribution in [0.5, 0.6) is 0 Å². The second-order valence-corrected chi connectivity index (χ2v) is 7.65. The normalized spacial score (nSPS) is 22.0. The van der Waals surface area contributed by atoms with Crippen molar-refractivity contribution in [1.29, 1.82) is 0 Å². The van der Waals surface area contributed by atoms with Gasteiger partial charge in [0.2, 0.25) is 5.91 Å². The highest BCUT2D eigenvalue weighted by molar-refractivity contribution is 5.90. The van der Waals surface area contributed by atoms with Crippen LogP contribution < -0.4 is 5.32 Å². The van der Waals surface area contributed by atoms with Crippen molar-refractivity contribution in [2.45, 2.75) is 44.7 Å². The number of aromatic nitrogens is 1. The molecule has 1 amide bonds. The van der Waals surface area contributed by atoms with E-state index in [1.54, 1.807) is 0 Å². The van der Waals surface area contributed by atoms with Gasteiger partial charge in [0.1, 0.15) is 0 Å². The Morgan fingerprint density at radius 2 is 1.96 bits per heavy atom. The maximum atomic E-state index is 12.5. The molecule has 2 fully saturated rings. The molecule has 0 unspecified atom stereocenters. The van der Waals surface area contributed by atoms with Crippen molar-refractivity contribution in [2.24, 2.45) is 0 Å². The first-order chi connectivity index (χ1) is 12.7. The molecule has 5 nitrogen and oxygen atoms in total. The number of rotatable bonds is 4. The van der Waals surface area contributed by atoms with E-state index in [-0.39, 0.29) is 0 Å². The monoisotopic (exact) mass is 352 g/mol. The molecule has 26 heavy (non-hydrogen) atoms. The molecule has 0 saturated carbocycles. The van der Waals surface area contributed by atoms with E-state index in [2.05, 4.69) is 45.2 Å². The molecule has 0 bridgehead atoms. The molecule has 0 radical (unpaired) electrons. The van der Waals surface area contributed by atoms with Gasteiger partial charge in [-0.05, 0) is 44.7 Å². The largest absolute Gasteiger partial charge is 0.382 e. The van der Waals surface area contributed by atoms with Crippen molar-refractivity contribution in [3.63, 3.8) is 0 Å². The summed E-state index contributed by atoms with van der Waals surface area (Å²) in [6.45, 7) is 5.64. The summed E-state index contributed by atoms with van der Waals surface area (Å²) in [7, 11) is 0. The minimum absolute atomic E-state index is 0.307. The minimum atomic E-state index is 0.307. The zero-order chi connectivity index (χ0) is 17.9. The summed E-state index contributed by atoms with van der Waals surface area (Å²) < 4.78 is 0. The first-order valence-electron chi connectivity index (χ1n) is 9.83. The summed E-state index contributed by atoms with van der Waals surface area (Å²) in [5, 5.41) is 4.87. The summed E-state index contributed by atoms with van der Waals surface area (Å²) in [4.78, 5) is 21.3. The number of piperidine rings is 1. The molecule has 138 valence electrons. The van der Waals surface area contributed by atoms with Crippen LogP contribution in [0, 0.1) is 0 Å². The number of hydrogen-bond donors (Lipinski definition) is 1. The smallest absolute Gasteiger partial charge is 0.236 e. The van der Waals surface area contributed by atoms with Gasteiger partial charge in [-0.3, -0.25) is 14.7 Å². The number of benzene rings is 1. The number of para-hydroxylation sites is 1. The average Bonchev–Trinajstić information content (AvgIpc) is 3.10. The lowest BCUT2D eigenvalue weighted by atomic mass is 10.0. The summed E-state index contributed by atoms with van der Waals surface area (Å²) in [6.07, 6.45) is 6.31. The Morgan fingerprint density at radius 3 is 2.73 bits per heavy atom. The molecule has 4 rings (SSSR count). The Labute approximate surface area is 155 Å². The maximum absolute atomic E-state index is 12.5. The molecule has 1 N–H and O–H groups in total. The van der Waals surface area contributed by atoms with Crippen LogP contribution in [-0.4, -0.2) is 59.0 Å². The van der Waals surface area contributed by atoms with Crippen LogP contribution in [0.15, 0.2) is 36.5 Å². The summed E-state index contributed by atoms with van der Waals surface area (Å²) >= 11 is 0. The third kappa shape index (κ3) is 3.68.